The fourth-order valence-electron chi connectivity index (χ4n) is 1.30. The van der Waals surface area contributed by atoms with Gasteiger partial charge in [0.05, 0.1) is 11.8 Å². The molecular weight excluding hydrogens is 200 g/mol. The summed E-state index contributed by atoms with van der Waals surface area (Å²) in [6, 6.07) is 0. The molecule has 1 atom stereocenters. The predicted molar refractivity (Wildman–Crippen MR) is 70.8 cm³/mol. The normalized spacial score (nSPS) is 15.0. The Morgan fingerprint density at radius 1 is 1.25 bits per heavy atom. The van der Waals surface area contributed by atoms with Crippen LogP contribution in [0.3, 0.4) is 0 Å². The zero-order valence-electron chi connectivity index (χ0n) is 11.5. The Morgan fingerprint density at radius 3 is 2.38 bits per heavy atom. The molecule has 0 aliphatic heterocycles. The van der Waals surface area contributed by atoms with E-state index in [0.29, 0.717) is 0 Å². The standard InChI is InChI=1S/C13H28N2O/c1-6-7-8-9-10-12(16)11(2)14-15-13(3,4)5/h12,15-16H,6-10H2,1-5H3/b14-11-. The maximum Gasteiger partial charge on any atom is 0.0935 e. The summed E-state index contributed by atoms with van der Waals surface area (Å²) in [7, 11) is 0. The van der Waals surface area contributed by atoms with Crippen LogP contribution in [0, 0.1) is 0 Å². The smallest absolute Gasteiger partial charge is 0.0935 e. The highest BCUT2D eigenvalue weighted by Crippen LogP contribution is 2.07. The van der Waals surface area contributed by atoms with Crippen LogP contribution in [0.25, 0.3) is 0 Å². The number of aliphatic hydroxyl groups is 1. The molecule has 0 aliphatic carbocycles. The summed E-state index contributed by atoms with van der Waals surface area (Å²) in [5.41, 5.74) is 3.78. The van der Waals surface area contributed by atoms with Gasteiger partial charge in [-0.05, 0) is 34.1 Å². The molecule has 0 saturated carbocycles. The third-order valence-electron chi connectivity index (χ3n) is 2.38. The summed E-state index contributed by atoms with van der Waals surface area (Å²) < 4.78 is 0. The summed E-state index contributed by atoms with van der Waals surface area (Å²) in [6.45, 7) is 10.2. The van der Waals surface area contributed by atoms with Gasteiger partial charge in [0, 0.05) is 5.54 Å². The van der Waals surface area contributed by atoms with Gasteiger partial charge in [-0.15, -0.1) is 0 Å². The lowest BCUT2D eigenvalue weighted by Gasteiger charge is -2.19. The summed E-state index contributed by atoms with van der Waals surface area (Å²) >= 11 is 0. The Labute approximate surface area is 100 Å². The molecule has 0 radical (unpaired) electrons. The second-order valence-corrected chi connectivity index (χ2v) is 5.48. The number of hydrogen-bond donors (Lipinski definition) is 2. The van der Waals surface area contributed by atoms with Gasteiger partial charge in [0.2, 0.25) is 0 Å². The van der Waals surface area contributed by atoms with Crippen molar-refractivity contribution in [2.24, 2.45) is 5.10 Å². The average molecular weight is 228 g/mol. The summed E-state index contributed by atoms with van der Waals surface area (Å²) in [4.78, 5) is 0. The minimum Gasteiger partial charge on any atom is -0.387 e. The van der Waals surface area contributed by atoms with Gasteiger partial charge in [0.15, 0.2) is 0 Å². The van der Waals surface area contributed by atoms with Gasteiger partial charge in [-0.25, -0.2) is 0 Å². The third kappa shape index (κ3) is 8.72. The van der Waals surface area contributed by atoms with Crippen molar-refractivity contribution in [3.8, 4) is 0 Å². The molecule has 0 heterocycles. The van der Waals surface area contributed by atoms with Gasteiger partial charge in [0.1, 0.15) is 0 Å². The molecule has 0 bridgehead atoms. The summed E-state index contributed by atoms with van der Waals surface area (Å²) in [6.07, 6.45) is 5.19. The van der Waals surface area contributed by atoms with E-state index in [4.69, 9.17) is 0 Å². The molecule has 16 heavy (non-hydrogen) atoms. The zero-order chi connectivity index (χ0) is 12.6. The van der Waals surface area contributed by atoms with Crippen LogP contribution in [-0.4, -0.2) is 22.5 Å². The van der Waals surface area contributed by atoms with Crippen LogP contribution in [0.4, 0.5) is 0 Å². The van der Waals surface area contributed by atoms with E-state index >= 15 is 0 Å². The van der Waals surface area contributed by atoms with E-state index in [0.717, 1.165) is 18.6 Å². The molecule has 0 fully saturated rings. The van der Waals surface area contributed by atoms with Crippen molar-refractivity contribution in [1.29, 1.82) is 0 Å². The SMILES string of the molecule is CCCCCCC(O)/C(C)=N\NC(C)(C)C. The minimum absolute atomic E-state index is 0.0385. The lowest BCUT2D eigenvalue weighted by atomic mass is 10.1. The maximum atomic E-state index is 9.84. The van der Waals surface area contributed by atoms with Gasteiger partial charge >= 0.3 is 0 Å². The first-order valence-electron chi connectivity index (χ1n) is 6.36. The Hall–Kier alpha value is -0.570. The van der Waals surface area contributed by atoms with E-state index in [1.54, 1.807) is 0 Å². The topological polar surface area (TPSA) is 44.6 Å². The molecule has 0 aromatic heterocycles. The van der Waals surface area contributed by atoms with Crippen molar-refractivity contribution in [2.75, 3.05) is 0 Å². The molecule has 0 amide bonds. The van der Waals surface area contributed by atoms with Crippen LogP contribution in [0.1, 0.15) is 66.7 Å². The molecule has 0 aliphatic rings. The summed E-state index contributed by atoms with van der Waals surface area (Å²) in [5.74, 6) is 0. The first kappa shape index (κ1) is 15.4. The number of nitrogens with one attached hydrogen (secondary N) is 1. The molecule has 1 unspecified atom stereocenters. The van der Waals surface area contributed by atoms with E-state index in [1.807, 2.05) is 6.92 Å². The second-order valence-electron chi connectivity index (χ2n) is 5.48. The number of hydrazone groups is 1. The van der Waals surface area contributed by atoms with Crippen LogP contribution in [0.5, 0.6) is 0 Å². The Balaban J connectivity index is 3.84. The molecule has 0 rings (SSSR count). The van der Waals surface area contributed by atoms with Crippen LogP contribution in [-0.2, 0) is 0 Å². The maximum absolute atomic E-state index is 9.84. The van der Waals surface area contributed by atoms with Crippen molar-refractivity contribution in [2.45, 2.75) is 78.4 Å². The Bertz CT molecular complexity index is 206. The van der Waals surface area contributed by atoms with Crippen molar-refractivity contribution in [3.63, 3.8) is 0 Å². The van der Waals surface area contributed by atoms with Crippen LogP contribution in [0.2, 0.25) is 0 Å². The van der Waals surface area contributed by atoms with Gasteiger partial charge in [0.25, 0.3) is 0 Å². The van der Waals surface area contributed by atoms with Crippen molar-refractivity contribution in [1.82, 2.24) is 5.43 Å². The van der Waals surface area contributed by atoms with Crippen molar-refractivity contribution in [3.05, 3.63) is 0 Å². The quantitative estimate of drug-likeness (QED) is 0.399. The molecule has 3 nitrogen and oxygen atoms in total. The molecule has 0 aromatic rings. The lowest BCUT2D eigenvalue weighted by Crippen LogP contribution is -2.33. The monoisotopic (exact) mass is 228 g/mol. The highest BCUT2D eigenvalue weighted by atomic mass is 16.3. The molecule has 0 saturated heterocycles. The van der Waals surface area contributed by atoms with Crippen molar-refractivity contribution >= 4 is 5.71 Å². The number of hydrogen-bond acceptors (Lipinski definition) is 3. The van der Waals surface area contributed by atoms with Gasteiger partial charge < -0.3 is 10.5 Å². The highest BCUT2D eigenvalue weighted by Gasteiger charge is 2.10. The van der Waals surface area contributed by atoms with Crippen molar-refractivity contribution < 1.29 is 5.11 Å². The minimum atomic E-state index is -0.397. The van der Waals surface area contributed by atoms with Crippen LogP contribution in [0.15, 0.2) is 5.10 Å². The van der Waals surface area contributed by atoms with Gasteiger partial charge in [-0.3, -0.25) is 0 Å². The third-order valence-corrected chi connectivity index (χ3v) is 2.38. The fraction of sp³-hybridized carbons (Fsp3) is 0.923. The van der Waals surface area contributed by atoms with E-state index in [1.165, 1.54) is 19.3 Å². The van der Waals surface area contributed by atoms with E-state index < -0.39 is 6.10 Å². The summed E-state index contributed by atoms with van der Waals surface area (Å²) in [5, 5.41) is 14.1. The number of nitrogens with zero attached hydrogens (tertiary/aromatic N) is 1. The molecule has 96 valence electrons. The molecule has 2 N–H and O–H groups in total. The predicted octanol–water partition coefficient (Wildman–Crippen LogP) is 3.08. The zero-order valence-corrected chi connectivity index (χ0v) is 11.5. The molecule has 0 aromatic carbocycles. The lowest BCUT2D eigenvalue weighted by molar-refractivity contribution is 0.223. The first-order valence-corrected chi connectivity index (χ1v) is 6.36. The highest BCUT2D eigenvalue weighted by molar-refractivity contribution is 5.85. The van der Waals surface area contributed by atoms with Gasteiger partial charge in [-0.1, -0.05) is 32.6 Å². The largest absolute Gasteiger partial charge is 0.387 e. The van der Waals surface area contributed by atoms with Crippen LogP contribution >= 0.6 is 0 Å². The first-order chi connectivity index (χ1) is 7.37. The van der Waals surface area contributed by atoms with E-state index in [9.17, 15) is 5.11 Å². The molecule has 3 heteroatoms. The fourth-order valence-corrected chi connectivity index (χ4v) is 1.30. The number of rotatable bonds is 7. The Morgan fingerprint density at radius 2 is 1.88 bits per heavy atom. The van der Waals surface area contributed by atoms with E-state index in [-0.39, 0.29) is 5.54 Å². The van der Waals surface area contributed by atoms with Gasteiger partial charge in [-0.2, -0.15) is 5.10 Å². The second kappa shape index (κ2) is 7.66. The number of aliphatic hydroxyl groups excluding tert-OH is 1. The average Bonchev–Trinajstić information content (AvgIpc) is 2.19. The van der Waals surface area contributed by atoms with Crippen LogP contribution < -0.4 is 5.43 Å². The van der Waals surface area contributed by atoms with E-state index in [2.05, 4.69) is 38.2 Å². The molecule has 0 spiro atoms. The number of unbranched alkanes of at least 4 members (excludes halogenated alkanes) is 3. The molecular formula is C13H28N2O. The Kier molecular flexibility index (Phi) is 7.39.